The molecule has 4 atom stereocenters. The smallest absolute Gasteiger partial charge is 0.339 e. The number of ketones is 1. The largest absolute Gasteiger partial charge is 0.454 e. The van der Waals surface area contributed by atoms with Crippen LogP contribution in [0.4, 0.5) is 5.69 Å². The number of carbonyl (C=O) groups excluding carboxylic acids is 4. The summed E-state index contributed by atoms with van der Waals surface area (Å²) >= 11 is 22.8. The number of pyridine rings is 1. The van der Waals surface area contributed by atoms with Crippen LogP contribution < -0.4 is 4.90 Å². The number of hydrogen-bond donors (Lipinski definition) is 0. The Balaban J connectivity index is 1.27. The van der Waals surface area contributed by atoms with Gasteiger partial charge in [0.25, 0.3) is 0 Å². The van der Waals surface area contributed by atoms with Crippen LogP contribution in [0.5, 0.6) is 0 Å². The third kappa shape index (κ3) is 5.99. The summed E-state index contributed by atoms with van der Waals surface area (Å²) in [4.78, 5) is 58.8. The lowest BCUT2D eigenvalue weighted by molar-refractivity contribution is -0.122. The fourth-order valence-corrected chi connectivity index (χ4v) is 7.76. The molecule has 1 aliphatic heterocycles. The number of fused-ring (bicyclic) bond motifs is 2. The fraction of sp³-hybridized carbons (Fsp3) is 0.219. The summed E-state index contributed by atoms with van der Waals surface area (Å²) in [5.41, 5.74) is 2.57. The van der Waals surface area contributed by atoms with E-state index in [2.05, 4.69) is 47.8 Å². The van der Waals surface area contributed by atoms with Crippen molar-refractivity contribution in [2.75, 3.05) is 11.5 Å². The number of amides is 2. The summed E-state index contributed by atoms with van der Waals surface area (Å²) in [6.07, 6.45) is 1.18. The van der Waals surface area contributed by atoms with Gasteiger partial charge >= 0.3 is 5.97 Å². The predicted molar refractivity (Wildman–Crippen MR) is 180 cm³/mol. The molecule has 1 aliphatic carbocycles. The molecule has 224 valence electrons. The number of carbonyl (C=O) groups is 4. The van der Waals surface area contributed by atoms with Crippen molar-refractivity contribution in [2.24, 2.45) is 11.8 Å². The Labute approximate surface area is 287 Å². The van der Waals surface area contributed by atoms with Crippen molar-refractivity contribution in [2.45, 2.75) is 22.5 Å². The van der Waals surface area contributed by atoms with Crippen LogP contribution in [-0.4, -0.2) is 44.8 Å². The van der Waals surface area contributed by atoms with Gasteiger partial charge in [0, 0.05) is 35.7 Å². The maximum Gasteiger partial charge on any atom is 0.339 e. The van der Waals surface area contributed by atoms with Crippen LogP contribution in [0.3, 0.4) is 0 Å². The molecule has 0 bridgehead atoms. The zero-order valence-electron chi connectivity index (χ0n) is 22.6. The Hall–Kier alpha value is -2.63. The average molecular weight is 824 g/mol. The second-order valence-electron chi connectivity index (χ2n) is 10.6. The molecule has 1 aromatic heterocycles. The standard InChI is InChI=1S/C32H21Br3Cl2N2O5/c33-16-3-8-27-20(9-16)23(32(43)44-14-29(40)19-7-4-17(36)10-26(19)37)13-28(38-27)15-1-5-18(6-2-15)39-30(41)21-11-24(34)25(35)12-22(21)31(39)42/h1-10,13,21-22,24-25H,11-12,14H2. The van der Waals surface area contributed by atoms with Gasteiger partial charge in [-0.2, -0.15) is 0 Å². The number of nitrogens with zero attached hydrogens (tertiary/aromatic N) is 2. The van der Waals surface area contributed by atoms with E-state index >= 15 is 0 Å². The molecular formula is C32H21Br3Cl2N2O5. The molecule has 3 aromatic carbocycles. The zero-order valence-corrected chi connectivity index (χ0v) is 28.9. The van der Waals surface area contributed by atoms with E-state index in [1.807, 2.05) is 6.07 Å². The van der Waals surface area contributed by atoms with E-state index in [0.717, 1.165) is 4.47 Å². The summed E-state index contributed by atoms with van der Waals surface area (Å²) in [5, 5.41) is 1.08. The number of rotatable bonds is 6. The van der Waals surface area contributed by atoms with E-state index in [9.17, 15) is 19.2 Å². The third-order valence-corrected chi connectivity index (χ3v) is 11.7. The highest BCUT2D eigenvalue weighted by Crippen LogP contribution is 2.44. The molecule has 7 nitrogen and oxygen atoms in total. The van der Waals surface area contributed by atoms with Gasteiger partial charge in [0.2, 0.25) is 17.6 Å². The molecule has 6 rings (SSSR count). The van der Waals surface area contributed by atoms with Crippen LogP contribution in [0.25, 0.3) is 22.2 Å². The third-order valence-electron chi connectivity index (χ3n) is 7.89. The Bertz CT molecular complexity index is 1820. The van der Waals surface area contributed by atoms with E-state index in [0.29, 0.717) is 45.7 Å². The van der Waals surface area contributed by atoms with Crippen molar-refractivity contribution in [1.29, 1.82) is 0 Å². The Morgan fingerprint density at radius 3 is 2.16 bits per heavy atom. The molecule has 2 fully saturated rings. The quantitative estimate of drug-likeness (QED) is 0.0840. The number of anilines is 1. The molecule has 0 radical (unpaired) electrons. The zero-order chi connectivity index (χ0) is 31.3. The summed E-state index contributed by atoms with van der Waals surface area (Å²) in [6.45, 7) is -0.520. The minimum absolute atomic E-state index is 0.122. The van der Waals surface area contributed by atoms with Crippen LogP contribution in [0.2, 0.25) is 10.0 Å². The van der Waals surface area contributed by atoms with Gasteiger partial charge in [-0.3, -0.25) is 19.3 Å². The second-order valence-corrected chi connectivity index (χ2v) is 14.7. The number of ether oxygens (including phenoxy) is 1. The summed E-state index contributed by atoms with van der Waals surface area (Å²) in [6, 6.07) is 18.3. The van der Waals surface area contributed by atoms with Gasteiger partial charge in [-0.15, -0.1) is 0 Å². The average Bonchev–Trinajstić information content (AvgIpc) is 3.23. The van der Waals surface area contributed by atoms with Crippen molar-refractivity contribution in [1.82, 2.24) is 4.98 Å². The molecule has 4 unspecified atom stereocenters. The van der Waals surface area contributed by atoms with E-state index < -0.39 is 18.4 Å². The van der Waals surface area contributed by atoms with E-state index in [1.165, 1.54) is 23.1 Å². The molecule has 1 saturated carbocycles. The van der Waals surface area contributed by atoms with Gasteiger partial charge in [0.05, 0.1) is 39.3 Å². The van der Waals surface area contributed by atoms with Crippen molar-refractivity contribution < 1.29 is 23.9 Å². The SMILES string of the molecule is O=C(COC(=O)c1cc(-c2ccc(N3C(=O)C4CC(Br)C(Br)CC4C3=O)cc2)nc2ccc(Br)cc12)c1ccc(Cl)cc1Cl. The number of alkyl halides is 2. The number of esters is 1. The predicted octanol–water partition coefficient (Wildman–Crippen LogP) is 8.44. The molecule has 1 saturated heterocycles. The highest BCUT2D eigenvalue weighted by molar-refractivity contribution is 9.12. The van der Waals surface area contributed by atoms with Gasteiger partial charge in [-0.1, -0.05) is 83.1 Å². The number of imide groups is 1. The summed E-state index contributed by atoms with van der Waals surface area (Å²) < 4.78 is 6.16. The van der Waals surface area contributed by atoms with E-state index in [-0.39, 0.29) is 49.5 Å². The van der Waals surface area contributed by atoms with Crippen LogP contribution in [0.1, 0.15) is 33.6 Å². The van der Waals surface area contributed by atoms with E-state index in [4.69, 9.17) is 32.9 Å². The number of halogens is 5. The number of Topliss-reactive ketones (excluding diaryl/α,β-unsaturated/α-hetero) is 1. The topological polar surface area (TPSA) is 93.6 Å². The first kappa shape index (κ1) is 31.4. The number of benzene rings is 3. The lowest BCUT2D eigenvalue weighted by Crippen LogP contribution is -2.34. The minimum Gasteiger partial charge on any atom is -0.454 e. The molecule has 0 N–H and O–H groups in total. The maximum absolute atomic E-state index is 13.3. The lowest BCUT2D eigenvalue weighted by Gasteiger charge is -2.29. The monoisotopic (exact) mass is 820 g/mol. The lowest BCUT2D eigenvalue weighted by atomic mass is 9.81. The number of aromatic nitrogens is 1. The van der Waals surface area contributed by atoms with Crippen LogP contribution >= 0.6 is 71.0 Å². The van der Waals surface area contributed by atoms with Crippen molar-refractivity contribution >= 4 is 111 Å². The first-order valence-corrected chi connectivity index (χ1v) is 16.9. The van der Waals surface area contributed by atoms with Crippen molar-refractivity contribution in [3.63, 3.8) is 0 Å². The molecule has 2 aliphatic rings. The first-order chi connectivity index (χ1) is 21.0. The van der Waals surface area contributed by atoms with Gasteiger partial charge in [0.1, 0.15) is 0 Å². The molecule has 2 heterocycles. The van der Waals surface area contributed by atoms with Crippen molar-refractivity contribution in [3.8, 4) is 11.3 Å². The molecular weight excluding hydrogens is 803 g/mol. The molecule has 44 heavy (non-hydrogen) atoms. The Kier molecular flexibility index (Phi) is 9.01. The highest BCUT2D eigenvalue weighted by Gasteiger charge is 2.52. The Morgan fingerprint density at radius 1 is 0.864 bits per heavy atom. The molecule has 0 spiro atoms. The van der Waals surface area contributed by atoms with Gasteiger partial charge in [0.15, 0.2) is 6.61 Å². The normalized spacial score (nSPS) is 21.4. The maximum atomic E-state index is 13.3. The highest BCUT2D eigenvalue weighted by atomic mass is 79.9. The fourth-order valence-electron chi connectivity index (χ4n) is 5.65. The second kappa shape index (κ2) is 12.6. The molecule has 2 amide bonds. The molecule has 4 aromatic rings. The van der Waals surface area contributed by atoms with Crippen LogP contribution in [0, 0.1) is 11.8 Å². The number of hydrogen-bond acceptors (Lipinski definition) is 6. The van der Waals surface area contributed by atoms with Crippen molar-refractivity contribution in [3.05, 3.63) is 92.4 Å². The van der Waals surface area contributed by atoms with Gasteiger partial charge in [-0.25, -0.2) is 9.78 Å². The molecule has 12 heteroatoms. The van der Waals surface area contributed by atoms with Crippen LogP contribution in [0.15, 0.2) is 71.2 Å². The summed E-state index contributed by atoms with van der Waals surface area (Å²) in [7, 11) is 0. The first-order valence-electron chi connectivity index (χ1n) is 13.5. The minimum atomic E-state index is -0.710. The van der Waals surface area contributed by atoms with Gasteiger partial charge < -0.3 is 4.74 Å². The van der Waals surface area contributed by atoms with E-state index in [1.54, 1.807) is 42.5 Å². The Morgan fingerprint density at radius 2 is 1.52 bits per heavy atom. The van der Waals surface area contributed by atoms with Crippen LogP contribution in [-0.2, 0) is 14.3 Å². The summed E-state index contributed by atoms with van der Waals surface area (Å²) in [5.74, 6) is -2.26. The van der Waals surface area contributed by atoms with Gasteiger partial charge in [-0.05, 0) is 67.4 Å².